The van der Waals surface area contributed by atoms with Crippen molar-refractivity contribution in [2.24, 2.45) is 0 Å². The first-order valence-corrected chi connectivity index (χ1v) is 23.5. The van der Waals surface area contributed by atoms with Gasteiger partial charge in [-0.1, -0.05) is 18.2 Å². The Morgan fingerprint density at radius 3 is 2.04 bits per heavy atom. The maximum atomic E-state index is 13.2. The number of imide groups is 2. The van der Waals surface area contributed by atoms with E-state index in [1.165, 1.54) is 55.4 Å². The Balaban J connectivity index is 0.739. The van der Waals surface area contributed by atoms with Crippen LogP contribution in [-0.2, 0) is 49.3 Å². The van der Waals surface area contributed by atoms with Gasteiger partial charge in [0.25, 0.3) is 35.4 Å². The number of rotatable bonds is 28. The number of phenolic OH excluding ortho intramolecular Hbond substituents is 1. The lowest BCUT2D eigenvalue weighted by Crippen LogP contribution is -2.54. The second-order valence-corrected chi connectivity index (χ2v) is 16.9. The molecule has 8 amide bonds. The molecule has 1 aliphatic carbocycles. The van der Waals surface area contributed by atoms with Gasteiger partial charge in [-0.2, -0.15) is 0 Å². The molecule has 23 nitrogen and oxygen atoms in total. The molecule has 0 saturated carbocycles. The van der Waals surface area contributed by atoms with Crippen LogP contribution < -0.4 is 26.0 Å². The number of fused-ring (bicyclic) bond motifs is 2. The fourth-order valence-corrected chi connectivity index (χ4v) is 7.91. The number of aromatic hydroxyl groups is 1. The minimum atomic E-state index is -1.12. The van der Waals surface area contributed by atoms with Gasteiger partial charge in [0.1, 0.15) is 29.0 Å². The van der Waals surface area contributed by atoms with Crippen LogP contribution in [0.2, 0.25) is 0 Å². The SMILES string of the molecule is CN(C)C(=O)c1ccc(/C(O)=C/C(=N)C(=O)N[C@@H]2CCc3ccc(C(=O)NCCOCCOCCOCCOCCOCCNC(=O)COc4cccc5c4C(=O)N(C4CCC(=O)NC4=O)C5=O)cc32)cc1O. The Labute approximate surface area is 419 Å². The first kappa shape index (κ1) is 54.8. The lowest BCUT2D eigenvalue weighted by molar-refractivity contribution is -0.136. The molecule has 2 atom stereocenters. The number of benzene rings is 3. The van der Waals surface area contributed by atoms with Crippen LogP contribution in [0.25, 0.3) is 5.76 Å². The van der Waals surface area contributed by atoms with E-state index < -0.39 is 71.5 Å². The summed E-state index contributed by atoms with van der Waals surface area (Å²) in [5.74, 6) is -5.36. The molecule has 6 rings (SSSR count). The largest absolute Gasteiger partial charge is 0.507 e. The number of aryl methyl sites for hydroxylation is 1. The lowest BCUT2D eigenvalue weighted by atomic mass is 10.0. The monoisotopic (exact) mass is 1010 g/mol. The van der Waals surface area contributed by atoms with Crippen molar-refractivity contribution in [2.45, 2.75) is 37.8 Å². The molecule has 2 aliphatic heterocycles. The number of carbonyl (C=O) groups is 8. The summed E-state index contributed by atoms with van der Waals surface area (Å²) in [5.41, 5.74) is 1.74. The number of carbonyl (C=O) groups excluding carboxylic acids is 8. The second-order valence-electron chi connectivity index (χ2n) is 16.9. The molecule has 23 heteroatoms. The first-order valence-electron chi connectivity index (χ1n) is 23.5. The Morgan fingerprint density at radius 1 is 0.781 bits per heavy atom. The highest BCUT2D eigenvalue weighted by molar-refractivity contribution is 6.43. The molecule has 73 heavy (non-hydrogen) atoms. The summed E-state index contributed by atoms with van der Waals surface area (Å²) in [6.07, 6.45) is 2.19. The second kappa shape index (κ2) is 26.8. The van der Waals surface area contributed by atoms with E-state index in [0.29, 0.717) is 64.7 Å². The van der Waals surface area contributed by atoms with Crippen molar-refractivity contribution in [3.63, 3.8) is 0 Å². The number of nitrogens with one attached hydrogen (secondary N) is 5. The Hall–Kier alpha value is -7.57. The summed E-state index contributed by atoms with van der Waals surface area (Å²) >= 11 is 0. The van der Waals surface area contributed by atoms with Gasteiger partial charge in [0, 0.05) is 50.8 Å². The van der Waals surface area contributed by atoms with Crippen LogP contribution in [0.15, 0.2) is 60.7 Å². The third kappa shape index (κ3) is 15.0. The van der Waals surface area contributed by atoms with E-state index in [1.54, 1.807) is 12.1 Å². The van der Waals surface area contributed by atoms with Crippen molar-refractivity contribution >= 4 is 58.7 Å². The summed E-state index contributed by atoms with van der Waals surface area (Å²) in [5, 5.41) is 39.5. The number of aliphatic hydroxyl groups is 1. The van der Waals surface area contributed by atoms with Crippen LogP contribution in [0.5, 0.6) is 11.5 Å². The zero-order valence-electron chi connectivity index (χ0n) is 40.5. The van der Waals surface area contributed by atoms with Crippen LogP contribution >= 0.6 is 0 Å². The van der Waals surface area contributed by atoms with Crippen molar-refractivity contribution in [1.29, 1.82) is 5.41 Å². The summed E-state index contributed by atoms with van der Waals surface area (Å²) < 4.78 is 33.1. The average Bonchev–Trinajstić information content (AvgIpc) is 3.89. The summed E-state index contributed by atoms with van der Waals surface area (Å²) in [7, 11) is 3.07. The number of amides is 8. The molecule has 390 valence electrons. The molecule has 0 spiro atoms. The van der Waals surface area contributed by atoms with Crippen LogP contribution in [0.1, 0.15) is 83.4 Å². The van der Waals surface area contributed by atoms with Crippen molar-refractivity contribution < 1.29 is 77.0 Å². The standard InChI is InChI=1S/C50H59N7O16/c1-56(2)48(65)33-10-8-31(27-40(33)59)39(58)28-36(51)46(63)54-37-11-9-30-6-7-32(26-35(30)37)45(62)53-15-17-69-19-21-71-23-25-72-24-22-70-20-18-68-16-14-52-43(61)29-73-41-5-3-4-34-44(41)50(67)57(49(34)66)38-12-13-42(60)55-47(38)64/h3-8,10,26-28,37-38,51,58-59H,9,11-25,29H2,1-2H3,(H,52,61)(H,53,62)(H,54,63)(H,55,60,64)/b39-28-,51-36?/t37-,38?/m1/s1. The smallest absolute Gasteiger partial charge is 0.269 e. The fourth-order valence-electron chi connectivity index (χ4n) is 7.91. The maximum Gasteiger partial charge on any atom is 0.269 e. The number of phenols is 1. The van der Waals surface area contributed by atoms with E-state index in [-0.39, 0.29) is 85.4 Å². The Morgan fingerprint density at radius 2 is 1.41 bits per heavy atom. The lowest BCUT2D eigenvalue weighted by Gasteiger charge is -2.27. The number of piperidine rings is 1. The topological polar surface area (TPSA) is 311 Å². The number of hydrogen-bond donors (Lipinski definition) is 7. The minimum Gasteiger partial charge on any atom is -0.507 e. The number of hydrogen-bond acceptors (Lipinski definition) is 17. The van der Waals surface area contributed by atoms with Gasteiger partial charge in [0.05, 0.1) is 88.8 Å². The third-order valence-corrected chi connectivity index (χ3v) is 11.6. The van der Waals surface area contributed by atoms with Gasteiger partial charge in [-0.25, -0.2) is 0 Å². The van der Waals surface area contributed by atoms with Gasteiger partial charge >= 0.3 is 0 Å². The molecule has 0 bridgehead atoms. The summed E-state index contributed by atoms with van der Waals surface area (Å²) in [6, 6.07) is 12.0. The van der Waals surface area contributed by atoms with Crippen LogP contribution in [0, 0.1) is 5.41 Å². The maximum absolute atomic E-state index is 13.2. The molecule has 0 radical (unpaired) electrons. The molecule has 3 aliphatic rings. The highest BCUT2D eigenvalue weighted by atomic mass is 16.6. The average molecular weight is 1010 g/mol. The molecule has 3 aromatic carbocycles. The van der Waals surface area contributed by atoms with E-state index in [9.17, 15) is 48.6 Å². The van der Waals surface area contributed by atoms with Gasteiger partial charge in [0.2, 0.25) is 11.8 Å². The highest BCUT2D eigenvalue weighted by Crippen LogP contribution is 2.34. The predicted molar refractivity (Wildman–Crippen MR) is 258 cm³/mol. The van der Waals surface area contributed by atoms with Gasteiger partial charge in [-0.15, -0.1) is 0 Å². The molecular weight excluding hydrogens is 955 g/mol. The normalized spacial score (nSPS) is 16.1. The third-order valence-electron chi connectivity index (χ3n) is 11.6. The highest BCUT2D eigenvalue weighted by Gasteiger charge is 2.46. The summed E-state index contributed by atoms with van der Waals surface area (Å²) in [6.45, 7) is 3.04. The van der Waals surface area contributed by atoms with Crippen LogP contribution in [-0.4, -0.2) is 179 Å². The van der Waals surface area contributed by atoms with Crippen molar-refractivity contribution in [3.8, 4) is 11.5 Å². The predicted octanol–water partition coefficient (Wildman–Crippen LogP) is 1.23. The zero-order valence-corrected chi connectivity index (χ0v) is 40.5. The quantitative estimate of drug-likeness (QED) is 0.0233. The van der Waals surface area contributed by atoms with Crippen molar-refractivity contribution in [3.05, 3.63) is 99.6 Å². The molecule has 2 heterocycles. The van der Waals surface area contributed by atoms with E-state index in [4.69, 9.17) is 33.8 Å². The van der Waals surface area contributed by atoms with Gasteiger partial charge < -0.3 is 59.5 Å². The van der Waals surface area contributed by atoms with Crippen LogP contribution in [0.3, 0.4) is 0 Å². The van der Waals surface area contributed by atoms with Crippen LogP contribution in [0.4, 0.5) is 0 Å². The zero-order chi connectivity index (χ0) is 52.4. The van der Waals surface area contributed by atoms with E-state index in [2.05, 4.69) is 21.3 Å². The number of nitrogens with zero attached hydrogens (tertiary/aromatic N) is 2. The van der Waals surface area contributed by atoms with Gasteiger partial charge in [-0.3, -0.25) is 54.0 Å². The molecule has 1 saturated heterocycles. The molecule has 1 fully saturated rings. The van der Waals surface area contributed by atoms with E-state index in [0.717, 1.165) is 22.1 Å². The minimum absolute atomic E-state index is 0.00667. The summed E-state index contributed by atoms with van der Waals surface area (Å²) in [4.78, 5) is 103. The number of ether oxygens (including phenoxy) is 6. The van der Waals surface area contributed by atoms with Gasteiger partial charge in [-0.05, 0) is 66.8 Å². The van der Waals surface area contributed by atoms with Gasteiger partial charge in [0.15, 0.2) is 6.61 Å². The molecular formula is C50H59N7O16. The first-order chi connectivity index (χ1) is 35.1. The van der Waals surface area contributed by atoms with Crippen molar-refractivity contribution in [2.75, 3.05) is 99.9 Å². The Bertz CT molecular complexity index is 2600. The molecule has 1 unspecified atom stereocenters. The van der Waals surface area contributed by atoms with E-state index in [1.807, 2.05) is 6.07 Å². The molecule has 7 N–H and O–H groups in total. The number of aliphatic hydroxyl groups excluding tert-OH is 1. The fraction of sp³-hybridized carbons (Fsp3) is 0.420. The Kier molecular flexibility index (Phi) is 20.1. The molecule has 0 aromatic heterocycles. The van der Waals surface area contributed by atoms with E-state index >= 15 is 0 Å². The van der Waals surface area contributed by atoms with Crippen molar-refractivity contribution in [1.82, 2.24) is 31.1 Å². The molecule has 3 aromatic rings.